The maximum absolute atomic E-state index is 14.3. The molecule has 0 radical (unpaired) electrons. The first-order valence-electron chi connectivity index (χ1n) is 13.5. The summed E-state index contributed by atoms with van der Waals surface area (Å²) in [7, 11) is 0. The number of benzene rings is 2. The lowest BCUT2D eigenvalue weighted by Gasteiger charge is -2.22. The van der Waals surface area contributed by atoms with E-state index in [1.54, 1.807) is 6.07 Å². The molecule has 0 bridgehead atoms. The molecule has 38 heavy (non-hydrogen) atoms. The van der Waals surface area contributed by atoms with Crippen molar-refractivity contribution in [2.75, 3.05) is 13.2 Å². The molecule has 7 nitrogen and oxygen atoms in total. The number of hydrogen-bond donors (Lipinski definition) is 3. The number of aromatic hydroxyl groups is 3. The lowest BCUT2D eigenvalue weighted by atomic mass is 9.91. The van der Waals surface area contributed by atoms with E-state index in [-0.39, 0.29) is 70.0 Å². The standard InChI is InChI=1S/C31H42O7/c1-16(2)11-21-26(34)22(12-17(3)4)30-25(29(21)36-14-18(5)6)27(35)31(37-15-19(7)8)28(38-30)20-9-10-23(32)24(33)13-20/h9-10,13,16-19,32-34H,11-12,14-15H2,1-8H3. The molecule has 0 aliphatic carbocycles. The molecular formula is C31H42O7. The number of phenolic OH excluding ortho intramolecular Hbond substituents is 3. The van der Waals surface area contributed by atoms with Gasteiger partial charge in [0.2, 0.25) is 11.2 Å². The van der Waals surface area contributed by atoms with Crippen LogP contribution in [0.5, 0.6) is 28.7 Å². The maximum Gasteiger partial charge on any atom is 0.239 e. The topological polar surface area (TPSA) is 109 Å². The van der Waals surface area contributed by atoms with Crippen molar-refractivity contribution in [3.05, 3.63) is 39.5 Å². The summed E-state index contributed by atoms with van der Waals surface area (Å²) in [6.45, 7) is 16.8. The van der Waals surface area contributed by atoms with Crippen LogP contribution in [-0.2, 0) is 12.8 Å². The Hall–Kier alpha value is -3.35. The zero-order valence-corrected chi connectivity index (χ0v) is 23.8. The predicted octanol–water partition coefficient (Wildman–Crippen LogP) is 7.04. The number of ether oxygens (including phenoxy) is 2. The number of phenols is 3. The minimum atomic E-state index is -0.400. The fourth-order valence-electron chi connectivity index (χ4n) is 4.33. The van der Waals surface area contributed by atoms with Gasteiger partial charge in [0, 0.05) is 16.7 Å². The van der Waals surface area contributed by atoms with Crippen LogP contribution in [0.3, 0.4) is 0 Å². The van der Waals surface area contributed by atoms with Crippen LogP contribution in [0, 0.1) is 23.7 Å². The fraction of sp³-hybridized carbons (Fsp3) is 0.516. The van der Waals surface area contributed by atoms with Crippen molar-refractivity contribution in [3.8, 4) is 40.1 Å². The van der Waals surface area contributed by atoms with E-state index in [2.05, 4.69) is 13.8 Å². The largest absolute Gasteiger partial charge is 0.507 e. The van der Waals surface area contributed by atoms with Crippen LogP contribution in [0.2, 0.25) is 0 Å². The van der Waals surface area contributed by atoms with Gasteiger partial charge in [0.1, 0.15) is 22.5 Å². The Balaban J connectivity index is 2.52. The molecule has 0 atom stereocenters. The van der Waals surface area contributed by atoms with Crippen molar-refractivity contribution in [1.82, 2.24) is 0 Å². The summed E-state index contributed by atoms with van der Waals surface area (Å²) in [6, 6.07) is 4.20. The summed E-state index contributed by atoms with van der Waals surface area (Å²) in [6.07, 6.45) is 1.00. The van der Waals surface area contributed by atoms with E-state index >= 15 is 0 Å². The van der Waals surface area contributed by atoms with Gasteiger partial charge < -0.3 is 29.2 Å². The SMILES string of the molecule is CC(C)COc1c(-c2ccc(O)c(O)c2)oc2c(CC(C)C)c(O)c(CC(C)C)c(OCC(C)C)c2c1=O. The summed E-state index contributed by atoms with van der Waals surface area (Å²) in [5.41, 5.74) is 1.35. The Kier molecular flexibility index (Phi) is 9.23. The first-order valence-corrected chi connectivity index (χ1v) is 13.5. The molecule has 0 saturated carbocycles. The molecule has 0 spiro atoms. The molecule has 0 unspecified atom stereocenters. The van der Waals surface area contributed by atoms with Gasteiger partial charge in [-0.05, 0) is 54.7 Å². The van der Waals surface area contributed by atoms with Crippen molar-refractivity contribution < 1.29 is 29.2 Å². The molecule has 0 fully saturated rings. The lowest BCUT2D eigenvalue weighted by molar-refractivity contribution is 0.261. The molecular weight excluding hydrogens is 484 g/mol. The normalized spacial score (nSPS) is 11.9. The van der Waals surface area contributed by atoms with Crippen molar-refractivity contribution in [3.63, 3.8) is 0 Å². The van der Waals surface area contributed by atoms with E-state index in [4.69, 9.17) is 13.9 Å². The van der Waals surface area contributed by atoms with E-state index < -0.39 is 5.43 Å². The predicted molar refractivity (Wildman–Crippen MR) is 151 cm³/mol. The monoisotopic (exact) mass is 526 g/mol. The van der Waals surface area contributed by atoms with E-state index in [0.717, 1.165) is 0 Å². The van der Waals surface area contributed by atoms with Crippen molar-refractivity contribution in [1.29, 1.82) is 0 Å². The molecule has 0 aliphatic rings. The fourth-order valence-corrected chi connectivity index (χ4v) is 4.33. The summed E-state index contributed by atoms with van der Waals surface area (Å²) in [4.78, 5) is 14.3. The van der Waals surface area contributed by atoms with E-state index in [1.165, 1.54) is 12.1 Å². The molecule has 3 rings (SSSR count). The second-order valence-corrected chi connectivity index (χ2v) is 11.7. The summed E-state index contributed by atoms with van der Waals surface area (Å²) >= 11 is 0. The summed E-state index contributed by atoms with van der Waals surface area (Å²) in [5, 5.41) is 31.9. The third-order valence-corrected chi connectivity index (χ3v) is 6.00. The Labute approximate surface area is 225 Å². The molecule has 0 saturated heterocycles. The molecule has 0 aliphatic heterocycles. The second-order valence-electron chi connectivity index (χ2n) is 11.7. The molecule has 7 heteroatoms. The highest BCUT2D eigenvalue weighted by molar-refractivity contribution is 5.93. The Bertz CT molecular complexity index is 1330. The average molecular weight is 527 g/mol. The Morgan fingerprint density at radius 2 is 1.29 bits per heavy atom. The van der Waals surface area contributed by atoms with Crippen molar-refractivity contribution >= 4 is 11.0 Å². The summed E-state index contributed by atoms with van der Waals surface area (Å²) < 4.78 is 18.7. The van der Waals surface area contributed by atoms with Gasteiger partial charge in [-0.25, -0.2) is 0 Å². The highest BCUT2D eigenvalue weighted by Gasteiger charge is 2.29. The van der Waals surface area contributed by atoms with E-state index in [0.29, 0.717) is 41.9 Å². The van der Waals surface area contributed by atoms with Crippen LogP contribution >= 0.6 is 0 Å². The minimum absolute atomic E-state index is 0.00219. The van der Waals surface area contributed by atoms with E-state index in [1.807, 2.05) is 41.5 Å². The second kappa shape index (κ2) is 12.0. The van der Waals surface area contributed by atoms with Gasteiger partial charge >= 0.3 is 0 Å². The van der Waals surface area contributed by atoms with Gasteiger partial charge in [-0.2, -0.15) is 0 Å². The first-order chi connectivity index (χ1) is 17.8. The smallest absolute Gasteiger partial charge is 0.239 e. The number of fused-ring (bicyclic) bond motifs is 1. The zero-order chi connectivity index (χ0) is 28.3. The van der Waals surface area contributed by atoms with Crippen LogP contribution in [-0.4, -0.2) is 28.5 Å². The molecule has 2 aromatic carbocycles. The zero-order valence-electron chi connectivity index (χ0n) is 23.8. The maximum atomic E-state index is 14.3. The molecule has 1 heterocycles. The van der Waals surface area contributed by atoms with Crippen LogP contribution in [0.25, 0.3) is 22.3 Å². The highest BCUT2D eigenvalue weighted by atomic mass is 16.5. The van der Waals surface area contributed by atoms with Gasteiger partial charge in [-0.15, -0.1) is 0 Å². The Morgan fingerprint density at radius 3 is 1.82 bits per heavy atom. The van der Waals surface area contributed by atoms with Gasteiger partial charge in [-0.1, -0.05) is 55.4 Å². The van der Waals surface area contributed by atoms with Crippen LogP contribution in [0.1, 0.15) is 66.5 Å². The third-order valence-electron chi connectivity index (χ3n) is 6.00. The highest BCUT2D eigenvalue weighted by Crippen LogP contribution is 2.45. The van der Waals surface area contributed by atoms with Crippen molar-refractivity contribution in [2.45, 2.75) is 68.2 Å². The van der Waals surface area contributed by atoms with E-state index in [9.17, 15) is 20.1 Å². The van der Waals surface area contributed by atoms with Crippen LogP contribution < -0.4 is 14.9 Å². The van der Waals surface area contributed by atoms with Gasteiger partial charge in [0.25, 0.3) is 0 Å². The molecule has 1 aromatic heterocycles. The van der Waals surface area contributed by atoms with Crippen molar-refractivity contribution in [2.24, 2.45) is 23.7 Å². The first kappa shape index (κ1) is 29.2. The lowest BCUT2D eigenvalue weighted by Crippen LogP contribution is -2.17. The van der Waals surface area contributed by atoms with Gasteiger partial charge in [0.05, 0.1) is 13.2 Å². The minimum Gasteiger partial charge on any atom is -0.507 e. The average Bonchev–Trinajstić information content (AvgIpc) is 2.81. The Morgan fingerprint density at radius 1 is 0.737 bits per heavy atom. The molecule has 3 N–H and O–H groups in total. The molecule has 208 valence electrons. The van der Waals surface area contributed by atoms with Gasteiger partial charge in [0.15, 0.2) is 17.3 Å². The third kappa shape index (κ3) is 6.37. The number of rotatable bonds is 11. The summed E-state index contributed by atoms with van der Waals surface area (Å²) in [5.74, 6) is 0.592. The number of hydrogen-bond acceptors (Lipinski definition) is 7. The molecule has 0 amide bonds. The molecule has 3 aromatic rings. The van der Waals surface area contributed by atoms with Gasteiger partial charge in [-0.3, -0.25) is 4.79 Å². The quantitative estimate of drug-likeness (QED) is 0.230. The van der Waals surface area contributed by atoms with Crippen LogP contribution in [0.4, 0.5) is 0 Å². The van der Waals surface area contributed by atoms with Crippen LogP contribution in [0.15, 0.2) is 27.4 Å².